The highest BCUT2D eigenvalue weighted by atomic mass is 32.2. The highest BCUT2D eigenvalue weighted by Gasteiger charge is 2.36. The van der Waals surface area contributed by atoms with E-state index in [-0.39, 0.29) is 0 Å². The van der Waals surface area contributed by atoms with Crippen LogP contribution in [0.15, 0.2) is 29.2 Å². The van der Waals surface area contributed by atoms with E-state index in [9.17, 15) is 8.42 Å². The third kappa shape index (κ3) is 3.07. The molecule has 3 rings (SSSR count). The fourth-order valence-corrected chi connectivity index (χ4v) is 4.77. The van der Waals surface area contributed by atoms with Gasteiger partial charge in [-0.15, -0.1) is 0 Å². The van der Waals surface area contributed by atoms with E-state index in [1.165, 1.54) is 6.42 Å². The minimum absolute atomic E-state index is 0.294. The molecule has 1 aromatic carbocycles. The van der Waals surface area contributed by atoms with Crippen molar-refractivity contribution in [1.82, 2.24) is 9.62 Å². The van der Waals surface area contributed by atoms with E-state index in [0.717, 1.165) is 12.8 Å². The first kappa shape index (κ1) is 14.8. The van der Waals surface area contributed by atoms with Gasteiger partial charge in [0.15, 0.2) is 0 Å². The topological polar surface area (TPSA) is 58.6 Å². The molecule has 2 saturated heterocycles. The van der Waals surface area contributed by atoms with E-state index in [1.54, 1.807) is 28.6 Å². The van der Waals surface area contributed by atoms with Gasteiger partial charge >= 0.3 is 0 Å². The monoisotopic (exact) mass is 310 g/mol. The second kappa shape index (κ2) is 5.94. The third-order valence-electron chi connectivity index (χ3n) is 4.18. The molecule has 5 nitrogen and oxygen atoms in total. The molecule has 2 atom stereocenters. The number of sulfonamides is 1. The van der Waals surface area contributed by atoms with Crippen LogP contribution in [0, 0.1) is 0 Å². The Kier molecular flexibility index (Phi) is 4.19. The van der Waals surface area contributed by atoms with E-state index in [0.29, 0.717) is 42.4 Å². The Balaban J connectivity index is 1.84. The SMILES string of the molecule is CCOc1cccc(S(=O)(=O)N2CC3CCCC(C2)N3)c1. The van der Waals surface area contributed by atoms with E-state index in [2.05, 4.69) is 5.32 Å². The highest BCUT2D eigenvalue weighted by Crippen LogP contribution is 2.26. The van der Waals surface area contributed by atoms with E-state index < -0.39 is 10.0 Å². The summed E-state index contributed by atoms with van der Waals surface area (Å²) >= 11 is 0. The number of benzene rings is 1. The van der Waals surface area contributed by atoms with Crippen molar-refractivity contribution in [3.05, 3.63) is 24.3 Å². The van der Waals surface area contributed by atoms with Gasteiger partial charge in [0.25, 0.3) is 0 Å². The summed E-state index contributed by atoms with van der Waals surface area (Å²) in [4.78, 5) is 0.327. The van der Waals surface area contributed by atoms with Gasteiger partial charge in [-0.25, -0.2) is 8.42 Å². The second-order valence-electron chi connectivity index (χ2n) is 5.72. The molecule has 116 valence electrons. The van der Waals surface area contributed by atoms with Crippen molar-refractivity contribution >= 4 is 10.0 Å². The fourth-order valence-electron chi connectivity index (χ4n) is 3.20. The molecule has 0 aliphatic carbocycles. The summed E-state index contributed by atoms with van der Waals surface area (Å²) in [6.45, 7) is 3.55. The Morgan fingerprint density at radius 3 is 2.67 bits per heavy atom. The molecule has 2 unspecified atom stereocenters. The van der Waals surface area contributed by atoms with Gasteiger partial charge in [0.2, 0.25) is 10.0 Å². The van der Waals surface area contributed by atoms with Crippen molar-refractivity contribution in [3.8, 4) is 5.75 Å². The minimum Gasteiger partial charge on any atom is -0.494 e. The lowest BCUT2D eigenvalue weighted by Gasteiger charge is -2.41. The molecule has 2 fully saturated rings. The lowest BCUT2D eigenvalue weighted by Crippen LogP contribution is -2.59. The average Bonchev–Trinajstić information content (AvgIpc) is 2.47. The maximum atomic E-state index is 12.8. The number of nitrogens with one attached hydrogen (secondary N) is 1. The first-order valence-corrected chi connectivity index (χ1v) is 9.02. The molecule has 2 heterocycles. The molecule has 21 heavy (non-hydrogen) atoms. The van der Waals surface area contributed by atoms with Crippen LogP contribution in [0.5, 0.6) is 5.75 Å². The zero-order chi connectivity index (χ0) is 14.9. The van der Waals surface area contributed by atoms with Crippen LogP contribution in [0.4, 0.5) is 0 Å². The number of nitrogens with zero attached hydrogens (tertiary/aromatic N) is 1. The van der Waals surface area contributed by atoms with Crippen LogP contribution in [-0.4, -0.2) is 44.5 Å². The second-order valence-corrected chi connectivity index (χ2v) is 7.66. The largest absolute Gasteiger partial charge is 0.494 e. The van der Waals surface area contributed by atoms with Gasteiger partial charge in [0.05, 0.1) is 11.5 Å². The zero-order valence-corrected chi connectivity index (χ0v) is 13.1. The molecule has 0 radical (unpaired) electrons. The smallest absolute Gasteiger partial charge is 0.243 e. The normalized spacial score (nSPS) is 26.5. The van der Waals surface area contributed by atoms with Gasteiger partial charge in [0, 0.05) is 31.2 Å². The molecule has 0 aromatic heterocycles. The Labute approximate surface area is 126 Å². The van der Waals surface area contributed by atoms with Gasteiger partial charge in [-0.3, -0.25) is 0 Å². The van der Waals surface area contributed by atoms with Gasteiger partial charge in [0.1, 0.15) is 5.75 Å². The van der Waals surface area contributed by atoms with E-state index in [1.807, 2.05) is 6.92 Å². The van der Waals surface area contributed by atoms with Crippen molar-refractivity contribution in [2.45, 2.75) is 43.2 Å². The van der Waals surface area contributed by atoms with E-state index >= 15 is 0 Å². The first-order chi connectivity index (χ1) is 10.1. The number of fused-ring (bicyclic) bond motifs is 2. The fraction of sp³-hybridized carbons (Fsp3) is 0.600. The van der Waals surface area contributed by atoms with E-state index in [4.69, 9.17) is 4.74 Å². The quantitative estimate of drug-likeness (QED) is 0.918. The highest BCUT2D eigenvalue weighted by molar-refractivity contribution is 7.89. The Bertz CT molecular complexity index is 591. The van der Waals surface area contributed by atoms with Crippen LogP contribution in [0.2, 0.25) is 0 Å². The molecule has 0 spiro atoms. The van der Waals surface area contributed by atoms with Gasteiger partial charge in [-0.05, 0) is 31.9 Å². The van der Waals surface area contributed by atoms with Crippen LogP contribution >= 0.6 is 0 Å². The number of hydrogen-bond donors (Lipinski definition) is 1. The predicted octanol–water partition coefficient (Wildman–Crippen LogP) is 1.60. The molecule has 0 amide bonds. The molecular weight excluding hydrogens is 288 g/mol. The van der Waals surface area contributed by atoms with Crippen LogP contribution in [0.1, 0.15) is 26.2 Å². The van der Waals surface area contributed by atoms with Gasteiger partial charge in [-0.2, -0.15) is 4.31 Å². The van der Waals surface area contributed by atoms with Crippen molar-refractivity contribution in [1.29, 1.82) is 0 Å². The maximum Gasteiger partial charge on any atom is 0.243 e. The summed E-state index contributed by atoms with van der Waals surface area (Å²) in [5.41, 5.74) is 0. The first-order valence-electron chi connectivity index (χ1n) is 7.58. The maximum absolute atomic E-state index is 12.8. The lowest BCUT2D eigenvalue weighted by molar-refractivity contribution is 0.190. The molecule has 2 aliphatic heterocycles. The van der Waals surface area contributed by atoms with Crippen molar-refractivity contribution in [2.24, 2.45) is 0 Å². The standard InChI is InChI=1S/C15H22N2O3S/c1-2-20-14-7-4-8-15(9-14)21(18,19)17-10-12-5-3-6-13(11-17)16-12/h4,7-9,12-13,16H,2-3,5-6,10-11H2,1H3. The lowest BCUT2D eigenvalue weighted by atomic mass is 9.96. The molecule has 2 bridgehead atoms. The zero-order valence-electron chi connectivity index (χ0n) is 12.3. The molecule has 0 saturated carbocycles. The van der Waals surface area contributed by atoms with Crippen molar-refractivity contribution in [2.75, 3.05) is 19.7 Å². The molecule has 6 heteroatoms. The van der Waals surface area contributed by atoms with Crippen LogP contribution in [-0.2, 0) is 10.0 Å². The number of rotatable bonds is 4. The molecule has 1 N–H and O–H groups in total. The molecular formula is C15H22N2O3S. The van der Waals surface area contributed by atoms with Crippen LogP contribution < -0.4 is 10.1 Å². The summed E-state index contributed by atoms with van der Waals surface area (Å²) in [6.07, 6.45) is 3.30. The number of ether oxygens (including phenoxy) is 1. The van der Waals surface area contributed by atoms with Gasteiger partial charge in [-0.1, -0.05) is 12.5 Å². The minimum atomic E-state index is -3.43. The number of hydrogen-bond acceptors (Lipinski definition) is 4. The van der Waals surface area contributed by atoms with Crippen LogP contribution in [0.25, 0.3) is 0 Å². The van der Waals surface area contributed by atoms with Crippen molar-refractivity contribution in [3.63, 3.8) is 0 Å². The third-order valence-corrected chi connectivity index (χ3v) is 6.01. The molecule has 1 aromatic rings. The molecule has 2 aliphatic rings. The number of piperazine rings is 1. The number of piperidine rings is 1. The Morgan fingerprint density at radius 2 is 2.00 bits per heavy atom. The van der Waals surface area contributed by atoms with Gasteiger partial charge < -0.3 is 10.1 Å². The average molecular weight is 310 g/mol. The Morgan fingerprint density at radius 1 is 1.29 bits per heavy atom. The van der Waals surface area contributed by atoms with Crippen LogP contribution in [0.3, 0.4) is 0 Å². The van der Waals surface area contributed by atoms with Crippen molar-refractivity contribution < 1.29 is 13.2 Å². The summed E-state index contributed by atoms with van der Waals surface area (Å²) in [6, 6.07) is 7.38. The summed E-state index contributed by atoms with van der Waals surface area (Å²) in [5, 5.41) is 3.51. The Hall–Kier alpha value is -1.11. The predicted molar refractivity (Wildman–Crippen MR) is 80.9 cm³/mol. The summed E-state index contributed by atoms with van der Waals surface area (Å²) in [7, 11) is -3.43. The summed E-state index contributed by atoms with van der Waals surface area (Å²) in [5.74, 6) is 0.605. The summed E-state index contributed by atoms with van der Waals surface area (Å²) < 4.78 is 32.7.